The molecule has 76 heavy (non-hydrogen) atoms. The van der Waals surface area contributed by atoms with Crippen LogP contribution in [-0.4, -0.2) is 161 Å². The zero-order chi connectivity index (χ0) is 54.9. The van der Waals surface area contributed by atoms with Gasteiger partial charge in [0.15, 0.2) is 11.7 Å². The number of carbonyl (C=O) groups excluding carboxylic acids is 10. The molecular weight excluding hydrogens is 985 g/mol. The minimum absolute atomic E-state index is 0.0154. The Kier molecular flexibility index (Phi) is 20.3. The quantitative estimate of drug-likeness (QED) is 0.0394. The Labute approximate surface area is 437 Å². The molecule has 25 heteroatoms. The molecule has 8 atom stereocenters. The van der Waals surface area contributed by atoms with E-state index in [0.717, 1.165) is 11.8 Å². The van der Waals surface area contributed by atoms with Gasteiger partial charge in [-0.3, -0.25) is 57.9 Å². The lowest BCUT2D eigenvalue weighted by atomic mass is 10.0. The first-order valence-electron chi connectivity index (χ1n) is 25.0. The summed E-state index contributed by atoms with van der Waals surface area (Å²) in [4.78, 5) is 153. The second-order valence-corrected chi connectivity index (χ2v) is 18.8. The molecule has 0 bridgehead atoms. The predicted octanol–water partition coefficient (Wildman–Crippen LogP) is -2.74. The molecule has 0 aliphatic carbocycles. The highest BCUT2D eigenvalue weighted by Crippen LogP contribution is 2.22. The van der Waals surface area contributed by atoms with Gasteiger partial charge in [-0.25, -0.2) is 0 Å². The van der Waals surface area contributed by atoms with Crippen LogP contribution in [0.25, 0.3) is 10.9 Å². The van der Waals surface area contributed by atoms with Gasteiger partial charge in [0.05, 0.1) is 13.0 Å². The van der Waals surface area contributed by atoms with Gasteiger partial charge in [0.1, 0.15) is 48.3 Å². The summed E-state index contributed by atoms with van der Waals surface area (Å²) in [6, 6.07) is 4.39. The van der Waals surface area contributed by atoms with E-state index in [-0.39, 0.29) is 57.6 Å². The minimum atomic E-state index is -1.74. The second kappa shape index (κ2) is 27.2. The van der Waals surface area contributed by atoms with E-state index in [1.807, 2.05) is 0 Å². The van der Waals surface area contributed by atoms with Crippen LogP contribution in [0.5, 0.6) is 0 Å². The molecule has 2 fully saturated rings. The van der Waals surface area contributed by atoms with E-state index in [9.17, 15) is 53.1 Å². The summed E-state index contributed by atoms with van der Waals surface area (Å²) in [5.74, 6) is -8.41. The normalized spacial score (nSPS) is 23.4. The van der Waals surface area contributed by atoms with Crippen LogP contribution in [0.2, 0.25) is 0 Å². The van der Waals surface area contributed by atoms with Gasteiger partial charge in [0.2, 0.25) is 53.2 Å². The molecule has 3 aliphatic heterocycles. The smallest absolute Gasteiger partial charge is 0.246 e. The number of aliphatic imine (C=N–C) groups is 2. The van der Waals surface area contributed by atoms with Crippen molar-refractivity contribution < 1.29 is 53.1 Å². The van der Waals surface area contributed by atoms with Gasteiger partial charge >= 0.3 is 0 Å². The first kappa shape index (κ1) is 56.8. The first-order chi connectivity index (χ1) is 36.4. The van der Waals surface area contributed by atoms with Crippen molar-refractivity contribution in [3.63, 3.8) is 0 Å². The maximum atomic E-state index is 14.9. The summed E-state index contributed by atoms with van der Waals surface area (Å²) < 4.78 is 0. The van der Waals surface area contributed by atoms with Crippen LogP contribution in [-0.2, 0) is 60.8 Å². The number of nitrogens with zero attached hydrogens (tertiary/aromatic N) is 3. The molecule has 25 nitrogen and oxygen atoms in total. The highest BCUT2D eigenvalue weighted by Gasteiger charge is 2.41. The summed E-state index contributed by atoms with van der Waals surface area (Å²) >= 11 is 0. The van der Waals surface area contributed by atoms with Gasteiger partial charge in [-0.05, 0) is 49.8 Å². The molecule has 2 aromatic carbocycles. The number of aromatic amines is 1. The molecule has 9 amide bonds. The number of likely N-dealkylation sites (tertiary alicyclic amines) is 1. The number of ketones is 1. The van der Waals surface area contributed by atoms with Crippen molar-refractivity contribution in [3.8, 4) is 0 Å². The van der Waals surface area contributed by atoms with Crippen molar-refractivity contribution in [1.82, 2.24) is 52.4 Å². The predicted molar refractivity (Wildman–Crippen MR) is 277 cm³/mol. The van der Waals surface area contributed by atoms with Crippen LogP contribution in [0.15, 0.2) is 82.6 Å². The fourth-order valence-corrected chi connectivity index (χ4v) is 9.06. The van der Waals surface area contributed by atoms with Crippen LogP contribution >= 0.6 is 0 Å². The number of allylic oxidation sites excluding steroid dienone is 1. The molecule has 4 heterocycles. The van der Waals surface area contributed by atoms with Gasteiger partial charge in [-0.2, -0.15) is 0 Å². The SMILES string of the molecule is CC(=O)N[C@H]1CNC(=O)C[C@@H](C(=O)N2CCC[C@H]2C(=O)N[C@@H](CO)C(C)=O)NC(=O)[C@H](Cc2c[nH]c3ccccc23)NC(=O)[C@H](CCCN=C(N)N)NC(=O)[C@@H](Cc2ccccc2)NC(=O)[C@H](CC2=CCC=N2)NC1=O. The Bertz CT molecular complexity index is 2740. The summed E-state index contributed by atoms with van der Waals surface area (Å²) in [6.07, 6.45) is 4.64. The topological polar surface area (TPSA) is 383 Å². The lowest BCUT2D eigenvalue weighted by Crippen LogP contribution is -2.62. The number of aliphatic hydroxyl groups excluding tert-OH is 1. The number of hydrogen-bond acceptors (Lipinski definition) is 13. The number of nitrogens with one attached hydrogen (secondary N) is 9. The number of aromatic nitrogens is 1. The van der Waals surface area contributed by atoms with Crippen molar-refractivity contribution in [2.75, 3.05) is 26.2 Å². The third-order valence-electron chi connectivity index (χ3n) is 13.0. The zero-order valence-electron chi connectivity index (χ0n) is 42.3. The molecule has 3 aliphatic rings. The second-order valence-electron chi connectivity index (χ2n) is 18.8. The van der Waals surface area contributed by atoms with Gasteiger partial charge in [-0.1, -0.05) is 54.6 Å². The zero-order valence-corrected chi connectivity index (χ0v) is 42.3. The number of hydrogen-bond donors (Lipinski definition) is 12. The number of rotatable bonds is 16. The summed E-state index contributed by atoms with van der Waals surface area (Å²) in [6.45, 7) is 1.02. The lowest BCUT2D eigenvalue weighted by Gasteiger charge is -2.31. The highest BCUT2D eigenvalue weighted by atomic mass is 16.3. The van der Waals surface area contributed by atoms with E-state index in [1.165, 1.54) is 6.92 Å². The van der Waals surface area contributed by atoms with Crippen molar-refractivity contribution in [3.05, 3.63) is 83.7 Å². The van der Waals surface area contributed by atoms with E-state index >= 15 is 0 Å². The molecule has 406 valence electrons. The highest BCUT2D eigenvalue weighted by molar-refractivity contribution is 6.00. The van der Waals surface area contributed by atoms with Gasteiger partial charge in [-0.15, -0.1) is 0 Å². The third kappa shape index (κ3) is 16.0. The van der Waals surface area contributed by atoms with E-state index in [4.69, 9.17) is 11.5 Å². The number of amides is 9. The average molecular weight is 1050 g/mol. The largest absolute Gasteiger partial charge is 0.394 e. The van der Waals surface area contributed by atoms with E-state index in [2.05, 4.69) is 57.5 Å². The Morgan fingerprint density at radius 2 is 1.46 bits per heavy atom. The Balaban J connectivity index is 1.43. The molecule has 0 unspecified atom stereocenters. The summed E-state index contributed by atoms with van der Waals surface area (Å²) in [5.41, 5.74) is 13.5. The van der Waals surface area contributed by atoms with Crippen LogP contribution in [0.4, 0.5) is 0 Å². The first-order valence-corrected chi connectivity index (χ1v) is 25.0. The van der Waals surface area contributed by atoms with E-state index in [1.54, 1.807) is 73.1 Å². The minimum Gasteiger partial charge on any atom is -0.394 e. The molecule has 14 N–H and O–H groups in total. The van der Waals surface area contributed by atoms with Crippen LogP contribution in [0.1, 0.15) is 69.9 Å². The van der Waals surface area contributed by atoms with Crippen molar-refractivity contribution in [2.24, 2.45) is 21.5 Å². The standard InChI is InChI=1S/C51H66N14O11/c1-28(67)41(27-66)64-49(75)42-17-10-20-65(42)50(76)39-24-43(69)57-26-40(58-29(2)68)48(74)62-38(23-32-13-8-18-54-32)47(73)60-36(21-30-11-4-3-5-12-30)45(71)59-35(16-9-19-55-51(52)53)44(70)61-37(46(72)63-39)22-31-25-56-34-15-7-6-14-33(31)34/h3-7,11-15,18,25,35-42,56,66H,8-10,16-17,19-24,26-27H2,1-2H3,(H,57,69)(H,58,68)(H,59,71)(H,60,73)(H,61,70)(H,62,74)(H,63,72)(H,64,75)(H4,52,53,55)/t35-,36+,37-,38-,39-,40-,41-,42-/m0/s1. The molecular formula is C51H66N14O11. The fraction of sp³-hybridized carbons (Fsp3) is 0.451. The van der Waals surface area contributed by atoms with Gasteiger partial charge in [0, 0.05) is 81.3 Å². The molecule has 2 saturated heterocycles. The Morgan fingerprint density at radius 3 is 2.13 bits per heavy atom. The van der Waals surface area contributed by atoms with E-state index in [0.29, 0.717) is 40.6 Å². The Morgan fingerprint density at radius 1 is 0.816 bits per heavy atom. The van der Waals surface area contributed by atoms with E-state index < -0.39 is 127 Å². The fourth-order valence-electron chi connectivity index (χ4n) is 9.06. The number of aliphatic hydroxyl groups is 1. The van der Waals surface area contributed by atoms with Crippen molar-refractivity contribution in [1.29, 1.82) is 0 Å². The van der Waals surface area contributed by atoms with Crippen LogP contribution < -0.4 is 54.0 Å². The molecule has 0 saturated carbocycles. The van der Waals surface area contributed by atoms with Crippen LogP contribution in [0.3, 0.4) is 0 Å². The maximum absolute atomic E-state index is 14.9. The van der Waals surface area contributed by atoms with Gasteiger partial charge < -0.3 is 69.0 Å². The number of Topliss-reactive ketones (excluding diaryl/α,β-unsaturated/α-hetero) is 1. The Hall–Kier alpha value is -8.48. The summed E-state index contributed by atoms with van der Waals surface area (Å²) in [7, 11) is 0. The number of fused-ring (bicyclic) bond motifs is 1. The molecule has 6 rings (SSSR count). The number of nitrogens with two attached hydrogens (primary N) is 2. The van der Waals surface area contributed by atoms with Crippen LogP contribution in [0, 0.1) is 0 Å². The molecule has 0 radical (unpaired) electrons. The number of para-hydroxylation sites is 1. The monoisotopic (exact) mass is 1050 g/mol. The number of benzene rings is 2. The third-order valence-corrected chi connectivity index (χ3v) is 13.0. The maximum Gasteiger partial charge on any atom is 0.246 e. The average Bonchev–Trinajstić information content (AvgIpc) is 4.19. The van der Waals surface area contributed by atoms with Crippen molar-refractivity contribution in [2.45, 2.75) is 120 Å². The number of H-pyrrole nitrogens is 1. The molecule has 1 aromatic heterocycles. The number of carbonyl (C=O) groups is 10. The number of guanidine groups is 1. The summed E-state index contributed by atoms with van der Waals surface area (Å²) in [5, 5.41) is 31.5. The molecule has 0 spiro atoms. The lowest BCUT2D eigenvalue weighted by molar-refractivity contribution is -0.143. The van der Waals surface area contributed by atoms with Crippen molar-refractivity contribution >= 4 is 82.0 Å². The van der Waals surface area contributed by atoms with Gasteiger partial charge in [0.25, 0.3) is 0 Å². The molecule has 3 aromatic rings.